The maximum atomic E-state index is 13.1. The molecule has 0 saturated carbocycles. The second-order valence-corrected chi connectivity index (χ2v) is 7.46. The zero-order valence-electron chi connectivity index (χ0n) is 17.1. The van der Waals surface area contributed by atoms with E-state index in [0.717, 1.165) is 6.20 Å². The fraction of sp³-hybridized carbons (Fsp3) is 0.333. The minimum atomic E-state index is -4.59. The van der Waals surface area contributed by atoms with E-state index < -0.39 is 11.9 Å². The highest BCUT2D eigenvalue weighted by atomic mass is 19.4. The van der Waals surface area contributed by atoms with E-state index in [4.69, 9.17) is 4.74 Å². The standard InChI is InChI=1S/C21H20F3N5O3/c1-29-18(20(31)26-10-13-4-7-17(30)27-13)15-9-14(5-6-16(15)28-29)32-11-12-3-2-8-25-19(12)21(22,23)24/h2-3,5-6,8-9,13H,4,7,10-11H2,1H3,(H,26,31)(H,27,30). The number of alkyl halides is 3. The topological polar surface area (TPSA) is 98.1 Å². The quantitative estimate of drug-likeness (QED) is 0.605. The average molecular weight is 447 g/mol. The number of hydrogen-bond donors (Lipinski definition) is 2. The van der Waals surface area contributed by atoms with Crippen molar-refractivity contribution < 1.29 is 27.5 Å². The molecule has 1 aliphatic rings. The molecule has 168 valence electrons. The van der Waals surface area contributed by atoms with Crippen molar-refractivity contribution in [3.8, 4) is 5.75 Å². The van der Waals surface area contributed by atoms with Gasteiger partial charge in [0.25, 0.3) is 5.91 Å². The molecular formula is C21H20F3N5O3. The van der Waals surface area contributed by atoms with Crippen molar-refractivity contribution in [1.29, 1.82) is 0 Å². The molecule has 2 amide bonds. The number of pyridine rings is 1. The number of carbonyl (C=O) groups excluding carboxylic acids is 2. The van der Waals surface area contributed by atoms with Crippen LogP contribution in [-0.2, 0) is 24.6 Å². The number of nitrogens with zero attached hydrogens (tertiary/aromatic N) is 3. The normalized spacial score (nSPS) is 16.2. The van der Waals surface area contributed by atoms with Gasteiger partial charge in [-0.3, -0.25) is 19.3 Å². The van der Waals surface area contributed by atoms with Gasteiger partial charge in [-0.05, 0) is 30.7 Å². The van der Waals surface area contributed by atoms with Crippen molar-refractivity contribution in [3.05, 3.63) is 53.5 Å². The molecule has 1 fully saturated rings. The van der Waals surface area contributed by atoms with Crippen LogP contribution in [0.5, 0.6) is 5.75 Å². The Balaban J connectivity index is 1.52. The minimum absolute atomic E-state index is 0.0423. The largest absolute Gasteiger partial charge is 0.489 e. The molecule has 0 spiro atoms. The van der Waals surface area contributed by atoms with Gasteiger partial charge in [0.2, 0.25) is 5.91 Å². The molecule has 0 bridgehead atoms. The minimum Gasteiger partial charge on any atom is -0.489 e. The third-order valence-electron chi connectivity index (χ3n) is 5.17. The predicted molar refractivity (Wildman–Crippen MR) is 108 cm³/mol. The van der Waals surface area contributed by atoms with E-state index in [9.17, 15) is 22.8 Å². The van der Waals surface area contributed by atoms with Crippen LogP contribution in [0.25, 0.3) is 10.9 Å². The average Bonchev–Trinajstić information content (AvgIpc) is 3.31. The van der Waals surface area contributed by atoms with Crippen LogP contribution in [0.4, 0.5) is 13.2 Å². The highest BCUT2D eigenvalue weighted by molar-refractivity contribution is 6.05. The molecule has 1 saturated heterocycles. The Kier molecular flexibility index (Phi) is 5.72. The number of hydrogen-bond acceptors (Lipinski definition) is 5. The van der Waals surface area contributed by atoms with Gasteiger partial charge < -0.3 is 15.4 Å². The van der Waals surface area contributed by atoms with Crippen molar-refractivity contribution in [1.82, 2.24) is 25.4 Å². The molecule has 0 aliphatic carbocycles. The highest BCUT2D eigenvalue weighted by Gasteiger charge is 2.35. The molecular weight excluding hydrogens is 427 g/mol. The highest BCUT2D eigenvalue weighted by Crippen LogP contribution is 2.31. The van der Waals surface area contributed by atoms with Gasteiger partial charge in [0.05, 0.1) is 5.52 Å². The van der Waals surface area contributed by atoms with Gasteiger partial charge in [0.15, 0.2) is 5.69 Å². The SMILES string of the molecule is Cn1nc2ccc(OCc3cccnc3C(F)(F)F)cc2c1C(=O)NCC1CCC(=O)N1. The first-order chi connectivity index (χ1) is 15.2. The number of fused-ring (bicyclic) bond motifs is 1. The second-order valence-electron chi connectivity index (χ2n) is 7.46. The number of halogens is 3. The van der Waals surface area contributed by atoms with Gasteiger partial charge in [-0.15, -0.1) is 0 Å². The molecule has 2 N–H and O–H groups in total. The molecule has 4 rings (SSSR count). The lowest BCUT2D eigenvalue weighted by Gasteiger charge is -2.13. The van der Waals surface area contributed by atoms with Crippen molar-refractivity contribution in [2.24, 2.45) is 7.05 Å². The first-order valence-corrected chi connectivity index (χ1v) is 9.90. The molecule has 3 aromatic rings. The Bertz CT molecular complexity index is 1180. The number of ether oxygens (including phenoxy) is 1. The molecule has 0 radical (unpaired) electrons. The fourth-order valence-electron chi connectivity index (χ4n) is 3.64. The van der Waals surface area contributed by atoms with E-state index in [0.29, 0.717) is 29.5 Å². The van der Waals surface area contributed by atoms with Gasteiger partial charge in [0, 0.05) is 43.2 Å². The number of benzene rings is 1. The Hall–Kier alpha value is -3.63. The Morgan fingerprint density at radius 3 is 2.88 bits per heavy atom. The van der Waals surface area contributed by atoms with Crippen molar-refractivity contribution in [3.63, 3.8) is 0 Å². The summed E-state index contributed by atoms with van der Waals surface area (Å²) < 4.78 is 46.4. The number of carbonyl (C=O) groups is 2. The summed E-state index contributed by atoms with van der Waals surface area (Å²) in [6.07, 6.45) is -2.42. The smallest absolute Gasteiger partial charge is 0.433 e. The summed E-state index contributed by atoms with van der Waals surface area (Å²) in [6, 6.07) is 7.37. The van der Waals surface area contributed by atoms with Gasteiger partial charge in [-0.2, -0.15) is 18.3 Å². The maximum absolute atomic E-state index is 13.1. The van der Waals surface area contributed by atoms with Crippen LogP contribution in [0, 0.1) is 0 Å². The van der Waals surface area contributed by atoms with Crippen LogP contribution in [0.2, 0.25) is 0 Å². The summed E-state index contributed by atoms with van der Waals surface area (Å²) >= 11 is 0. The van der Waals surface area contributed by atoms with Crippen LogP contribution in [0.1, 0.15) is 34.6 Å². The van der Waals surface area contributed by atoms with E-state index >= 15 is 0 Å². The van der Waals surface area contributed by atoms with Crippen molar-refractivity contribution in [2.75, 3.05) is 6.54 Å². The summed E-state index contributed by atoms with van der Waals surface area (Å²) in [6.45, 7) is -0.0496. The van der Waals surface area contributed by atoms with Gasteiger partial charge in [-0.1, -0.05) is 6.07 Å². The Morgan fingerprint density at radius 1 is 1.34 bits per heavy atom. The first kappa shape index (κ1) is 21.6. The summed E-state index contributed by atoms with van der Waals surface area (Å²) in [5, 5.41) is 10.4. The van der Waals surface area contributed by atoms with Gasteiger partial charge in [-0.25, -0.2) is 0 Å². The zero-order valence-corrected chi connectivity index (χ0v) is 17.1. The first-order valence-electron chi connectivity index (χ1n) is 9.90. The molecule has 11 heteroatoms. The van der Waals surface area contributed by atoms with Crippen molar-refractivity contribution in [2.45, 2.75) is 31.7 Å². The van der Waals surface area contributed by atoms with Crippen LogP contribution >= 0.6 is 0 Å². The van der Waals surface area contributed by atoms with E-state index in [1.54, 1.807) is 25.2 Å². The zero-order chi connectivity index (χ0) is 22.9. The number of aromatic nitrogens is 3. The number of nitrogens with one attached hydrogen (secondary N) is 2. The van der Waals surface area contributed by atoms with Crippen LogP contribution in [-0.4, -0.2) is 39.2 Å². The molecule has 3 heterocycles. The molecule has 2 aromatic heterocycles. The molecule has 32 heavy (non-hydrogen) atoms. The third-order valence-corrected chi connectivity index (χ3v) is 5.17. The van der Waals surface area contributed by atoms with Gasteiger partial charge in [0.1, 0.15) is 18.1 Å². The molecule has 1 aliphatic heterocycles. The van der Waals surface area contributed by atoms with E-state index in [2.05, 4.69) is 20.7 Å². The second kappa shape index (κ2) is 8.48. The number of amides is 2. The Labute approximate surface area is 180 Å². The number of aryl methyl sites for hydroxylation is 1. The van der Waals surface area contributed by atoms with Crippen LogP contribution < -0.4 is 15.4 Å². The lowest BCUT2D eigenvalue weighted by molar-refractivity contribution is -0.142. The summed E-state index contributed by atoms with van der Waals surface area (Å²) in [4.78, 5) is 27.5. The molecule has 1 aromatic carbocycles. The third kappa shape index (κ3) is 4.51. The predicted octanol–water partition coefficient (Wildman–Crippen LogP) is 2.57. The molecule has 1 unspecified atom stereocenters. The lowest BCUT2D eigenvalue weighted by Crippen LogP contribution is -2.39. The summed E-state index contributed by atoms with van der Waals surface area (Å²) in [5.74, 6) is -0.126. The Morgan fingerprint density at radius 2 is 2.16 bits per heavy atom. The van der Waals surface area contributed by atoms with E-state index in [1.807, 2.05) is 0 Å². The maximum Gasteiger partial charge on any atom is 0.433 e. The monoisotopic (exact) mass is 447 g/mol. The van der Waals surface area contributed by atoms with E-state index in [-0.39, 0.29) is 42.3 Å². The summed E-state index contributed by atoms with van der Waals surface area (Å²) in [5.41, 5.74) is -0.270. The summed E-state index contributed by atoms with van der Waals surface area (Å²) in [7, 11) is 1.62. The number of rotatable bonds is 6. The fourth-order valence-corrected chi connectivity index (χ4v) is 3.64. The lowest BCUT2D eigenvalue weighted by atomic mass is 10.1. The van der Waals surface area contributed by atoms with Crippen molar-refractivity contribution >= 4 is 22.7 Å². The van der Waals surface area contributed by atoms with E-state index in [1.165, 1.54) is 16.8 Å². The van der Waals surface area contributed by atoms with Crippen LogP contribution in [0.15, 0.2) is 36.5 Å². The molecule has 1 atom stereocenters. The molecule has 8 nitrogen and oxygen atoms in total. The van der Waals surface area contributed by atoms with Crippen LogP contribution in [0.3, 0.4) is 0 Å². The van der Waals surface area contributed by atoms with Gasteiger partial charge >= 0.3 is 6.18 Å².